The Morgan fingerprint density at radius 3 is 2.58 bits per heavy atom. The average Bonchev–Trinajstić information content (AvgIpc) is 3.32. The molecule has 0 spiro atoms. The van der Waals surface area contributed by atoms with E-state index >= 15 is 0 Å². The van der Waals surface area contributed by atoms with E-state index in [1.165, 1.54) is 12.1 Å². The van der Waals surface area contributed by atoms with E-state index in [-0.39, 0.29) is 11.6 Å². The van der Waals surface area contributed by atoms with Crippen LogP contribution >= 0.6 is 0 Å². The molecular formula is C24H16N6O3. The van der Waals surface area contributed by atoms with Crippen LogP contribution in [0.15, 0.2) is 85.2 Å². The molecule has 3 heterocycles. The van der Waals surface area contributed by atoms with Gasteiger partial charge >= 0.3 is 0 Å². The summed E-state index contributed by atoms with van der Waals surface area (Å²) in [5.41, 5.74) is 3.75. The maximum atomic E-state index is 13.2. The van der Waals surface area contributed by atoms with Crippen LogP contribution in [0.2, 0.25) is 0 Å². The number of hydrogen-bond acceptors (Lipinski definition) is 6. The summed E-state index contributed by atoms with van der Waals surface area (Å²) in [7, 11) is 0. The van der Waals surface area contributed by atoms with Crippen molar-refractivity contribution in [3.63, 3.8) is 0 Å². The molecule has 3 aromatic heterocycles. The zero-order valence-corrected chi connectivity index (χ0v) is 17.1. The third-order valence-electron chi connectivity index (χ3n) is 5.12. The van der Waals surface area contributed by atoms with Crippen LogP contribution in [0.1, 0.15) is 10.4 Å². The van der Waals surface area contributed by atoms with Crippen molar-refractivity contribution in [3.8, 4) is 22.5 Å². The zero-order valence-electron chi connectivity index (χ0n) is 17.1. The first-order valence-electron chi connectivity index (χ1n) is 10.0. The van der Waals surface area contributed by atoms with E-state index in [0.29, 0.717) is 39.2 Å². The Labute approximate surface area is 187 Å². The number of para-hydroxylation sites is 1. The Balaban J connectivity index is 1.48. The normalized spacial score (nSPS) is 10.8. The summed E-state index contributed by atoms with van der Waals surface area (Å²) in [5.74, 6) is -0.0474. The van der Waals surface area contributed by atoms with Gasteiger partial charge in [0.25, 0.3) is 11.6 Å². The Hall–Kier alpha value is -4.92. The fraction of sp³-hybridized carbons (Fsp3) is 0. The van der Waals surface area contributed by atoms with Crippen LogP contribution < -0.4 is 5.32 Å². The quantitative estimate of drug-likeness (QED) is 0.300. The number of hydrogen-bond donors (Lipinski definition) is 2. The standard InChI is InChI=1S/C24H16N6O3/c31-24(27-23-14-22(28-29-23)16-4-3-5-17(12-16)30(32)33)19-13-21(15-8-10-25-11-9-15)26-20-7-2-1-6-18(19)20/h1-14H,(H2,27,28,29,31). The number of H-pyrrole nitrogens is 1. The number of carbonyl (C=O) groups is 1. The van der Waals surface area contributed by atoms with E-state index in [1.54, 1.807) is 36.7 Å². The molecule has 0 fully saturated rings. The minimum absolute atomic E-state index is 0.0282. The first-order chi connectivity index (χ1) is 16.1. The molecule has 9 heteroatoms. The molecule has 0 atom stereocenters. The lowest BCUT2D eigenvalue weighted by Gasteiger charge is -2.09. The van der Waals surface area contributed by atoms with Gasteiger partial charge < -0.3 is 5.32 Å². The molecule has 0 saturated heterocycles. The molecule has 0 radical (unpaired) electrons. The van der Waals surface area contributed by atoms with Crippen LogP contribution in [-0.4, -0.2) is 31.0 Å². The minimum Gasteiger partial charge on any atom is -0.305 e. The number of anilines is 1. The smallest absolute Gasteiger partial charge is 0.270 e. The molecule has 2 aromatic carbocycles. The van der Waals surface area contributed by atoms with Gasteiger partial charge in [0.15, 0.2) is 5.82 Å². The van der Waals surface area contributed by atoms with Crippen molar-refractivity contribution in [2.24, 2.45) is 0 Å². The van der Waals surface area contributed by atoms with E-state index in [0.717, 1.165) is 5.56 Å². The third-order valence-corrected chi connectivity index (χ3v) is 5.12. The number of nitro groups is 1. The molecule has 0 saturated carbocycles. The second-order valence-corrected chi connectivity index (χ2v) is 7.24. The number of rotatable bonds is 5. The number of aromatic amines is 1. The highest BCUT2D eigenvalue weighted by molar-refractivity contribution is 6.12. The summed E-state index contributed by atoms with van der Waals surface area (Å²) < 4.78 is 0. The van der Waals surface area contributed by atoms with Crippen LogP contribution in [0.25, 0.3) is 33.4 Å². The van der Waals surface area contributed by atoms with E-state index in [9.17, 15) is 14.9 Å². The molecule has 1 amide bonds. The monoisotopic (exact) mass is 436 g/mol. The van der Waals surface area contributed by atoms with Crippen molar-refractivity contribution < 1.29 is 9.72 Å². The van der Waals surface area contributed by atoms with Gasteiger partial charge in [0.05, 0.1) is 27.4 Å². The van der Waals surface area contributed by atoms with Crippen molar-refractivity contribution in [1.29, 1.82) is 0 Å². The molecular weight excluding hydrogens is 420 g/mol. The molecule has 9 nitrogen and oxygen atoms in total. The Kier molecular flexibility index (Phi) is 5.04. The van der Waals surface area contributed by atoms with Gasteiger partial charge in [0.2, 0.25) is 0 Å². The summed E-state index contributed by atoms with van der Waals surface area (Å²) in [6, 6.07) is 20.6. The number of pyridine rings is 2. The zero-order chi connectivity index (χ0) is 22.8. The first-order valence-corrected chi connectivity index (χ1v) is 10.0. The Morgan fingerprint density at radius 2 is 1.76 bits per heavy atom. The maximum absolute atomic E-state index is 13.2. The van der Waals surface area contributed by atoms with E-state index in [1.807, 2.05) is 36.4 Å². The SMILES string of the molecule is O=C(Nc1cc(-c2cccc([N+](=O)[O-])c2)[nH]n1)c1cc(-c2ccncc2)nc2ccccc12. The number of carbonyl (C=O) groups excluding carboxylic acids is 1. The molecule has 0 bridgehead atoms. The van der Waals surface area contributed by atoms with Crippen LogP contribution in [0, 0.1) is 10.1 Å². The van der Waals surface area contributed by atoms with Gasteiger partial charge in [0, 0.05) is 47.1 Å². The van der Waals surface area contributed by atoms with Gasteiger partial charge in [-0.15, -0.1) is 0 Å². The molecule has 0 aliphatic heterocycles. The lowest BCUT2D eigenvalue weighted by Crippen LogP contribution is -2.13. The molecule has 5 rings (SSSR count). The van der Waals surface area contributed by atoms with Gasteiger partial charge in [-0.05, 0) is 24.3 Å². The van der Waals surface area contributed by atoms with Gasteiger partial charge in [-0.2, -0.15) is 5.10 Å². The van der Waals surface area contributed by atoms with Crippen LogP contribution in [0.3, 0.4) is 0 Å². The fourth-order valence-corrected chi connectivity index (χ4v) is 3.54. The highest BCUT2D eigenvalue weighted by Gasteiger charge is 2.16. The minimum atomic E-state index is -0.461. The summed E-state index contributed by atoms with van der Waals surface area (Å²) >= 11 is 0. The van der Waals surface area contributed by atoms with Crippen molar-refractivity contribution in [3.05, 3.63) is 101 Å². The number of benzene rings is 2. The average molecular weight is 436 g/mol. The molecule has 2 N–H and O–H groups in total. The first kappa shape index (κ1) is 20.0. The molecule has 0 aliphatic rings. The van der Waals surface area contributed by atoms with Crippen molar-refractivity contribution in [2.75, 3.05) is 5.32 Å². The number of amides is 1. The Morgan fingerprint density at radius 1 is 0.939 bits per heavy atom. The third kappa shape index (κ3) is 4.02. The highest BCUT2D eigenvalue weighted by atomic mass is 16.6. The van der Waals surface area contributed by atoms with Gasteiger partial charge in [0.1, 0.15) is 0 Å². The predicted octanol–water partition coefficient (Wildman–Crippen LogP) is 4.85. The van der Waals surface area contributed by atoms with Gasteiger partial charge in [-0.25, -0.2) is 4.98 Å². The van der Waals surface area contributed by atoms with E-state index in [4.69, 9.17) is 0 Å². The summed E-state index contributed by atoms with van der Waals surface area (Å²) in [4.78, 5) is 32.5. The number of nitrogens with one attached hydrogen (secondary N) is 2. The lowest BCUT2D eigenvalue weighted by molar-refractivity contribution is -0.384. The molecule has 5 aromatic rings. The number of aromatic nitrogens is 4. The summed E-state index contributed by atoms with van der Waals surface area (Å²) in [6.45, 7) is 0. The molecule has 160 valence electrons. The topological polar surface area (TPSA) is 127 Å². The largest absolute Gasteiger partial charge is 0.305 e. The second-order valence-electron chi connectivity index (χ2n) is 7.24. The summed E-state index contributed by atoms with van der Waals surface area (Å²) in [6.07, 6.45) is 3.34. The second kappa shape index (κ2) is 8.31. The fourth-order valence-electron chi connectivity index (χ4n) is 3.54. The van der Waals surface area contributed by atoms with Gasteiger partial charge in [-0.1, -0.05) is 30.3 Å². The lowest BCUT2D eigenvalue weighted by atomic mass is 10.0. The van der Waals surface area contributed by atoms with Crippen LogP contribution in [0.5, 0.6) is 0 Å². The summed E-state index contributed by atoms with van der Waals surface area (Å²) in [5, 5.41) is 21.5. The number of fused-ring (bicyclic) bond motifs is 1. The van der Waals surface area contributed by atoms with Crippen LogP contribution in [-0.2, 0) is 0 Å². The maximum Gasteiger partial charge on any atom is 0.270 e. The number of non-ortho nitro benzene ring substituents is 1. The molecule has 0 unspecified atom stereocenters. The van der Waals surface area contributed by atoms with Crippen LogP contribution in [0.4, 0.5) is 11.5 Å². The predicted molar refractivity (Wildman–Crippen MR) is 124 cm³/mol. The Bertz CT molecular complexity index is 1500. The number of nitro benzene ring substituents is 1. The van der Waals surface area contributed by atoms with E-state index in [2.05, 4.69) is 25.5 Å². The molecule has 33 heavy (non-hydrogen) atoms. The van der Waals surface area contributed by atoms with Crippen molar-refractivity contribution in [2.45, 2.75) is 0 Å². The van der Waals surface area contributed by atoms with Crippen molar-refractivity contribution in [1.82, 2.24) is 20.2 Å². The highest BCUT2D eigenvalue weighted by Crippen LogP contribution is 2.27. The van der Waals surface area contributed by atoms with Gasteiger partial charge in [-0.3, -0.25) is 25.0 Å². The molecule has 0 aliphatic carbocycles. The number of nitrogens with zero attached hydrogens (tertiary/aromatic N) is 4. The van der Waals surface area contributed by atoms with E-state index < -0.39 is 4.92 Å². The van der Waals surface area contributed by atoms with Crippen molar-refractivity contribution >= 4 is 28.3 Å².